The van der Waals surface area contributed by atoms with Gasteiger partial charge in [-0.2, -0.15) is 0 Å². The van der Waals surface area contributed by atoms with Gasteiger partial charge in [0.1, 0.15) is 5.75 Å². The minimum absolute atomic E-state index is 0.0809. The van der Waals surface area contributed by atoms with E-state index in [-0.39, 0.29) is 23.7 Å². The number of hydrogen-bond acceptors (Lipinski definition) is 5. The van der Waals surface area contributed by atoms with Crippen LogP contribution in [0.4, 0.5) is 4.79 Å². The molecule has 0 aliphatic rings. The van der Waals surface area contributed by atoms with Gasteiger partial charge >= 0.3 is 6.09 Å². The van der Waals surface area contributed by atoms with Crippen molar-refractivity contribution in [3.63, 3.8) is 0 Å². The molecule has 3 rings (SSSR count). The van der Waals surface area contributed by atoms with Crippen LogP contribution < -0.4 is 10.1 Å². The smallest absolute Gasteiger partial charge is 0.404 e. The predicted molar refractivity (Wildman–Crippen MR) is 103 cm³/mol. The zero-order valence-electron chi connectivity index (χ0n) is 15.3. The molecule has 0 saturated heterocycles. The van der Waals surface area contributed by atoms with Crippen molar-refractivity contribution in [1.29, 1.82) is 0 Å². The topological polar surface area (TPSA) is 118 Å². The third-order valence-corrected chi connectivity index (χ3v) is 6.16. The highest BCUT2D eigenvalue weighted by Crippen LogP contribution is 2.31. The normalized spacial score (nSPS) is 11.5. The van der Waals surface area contributed by atoms with Gasteiger partial charge in [0.05, 0.1) is 36.4 Å². The third-order valence-electron chi connectivity index (χ3n) is 4.38. The number of fused-ring (bicyclic) bond motifs is 1. The van der Waals surface area contributed by atoms with E-state index in [1.165, 1.54) is 25.3 Å². The highest BCUT2D eigenvalue weighted by atomic mass is 32.2. The molecule has 0 aliphatic carbocycles. The number of carbonyl (C=O) groups is 1. The number of rotatable bonds is 6. The minimum atomic E-state index is -4.00. The van der Waals surface area contributed by atoms with Gasteiger partial charge in [0.2, 0.25) is 0 Å². The zero-order valence-corrected chi connectivity index (χ0v) is 16.2. The number of hydrogen-bond donors (Lipinski definition) is 3. The molecule has 0 atom stereocenters. The molecule has 9 heteroatoms. The third kappa shape index (κ3) is 3.54. The van der Waals surface area contributed by atoms with Crippen molar-refractivity contribution >= 4 is 27.0 Å². The number of nitrogens with zero attached hydrogens (tertiary/aromatic N) is 1. The molecule has 8 nitrogen and oxygen atoms in total. The van der Waals surface area contributed by atoms with Crippen LogP contribution in [-0.2, 0) is 23.2 Å². The molecule has 0 unspecified atom stereocenters. The molecule has 3 N–H and O–H groups in total. The number of aryl methyl sites for hydroxylation is 1. The Hall–Kier alpha value is -3.04. The van der Waals surface area contributed by atoms with E-state index in [1.54, 1.807) is 24.3 Å². The lowest BCUT2D eigenvalue weighted by Gasteiger charge is -2.13. The maximum atomic E-state index is 13.3. The molecule has 1 heterocycles. The van der Waals surface area contributed by atoms with Crippen molar-refractivity contribution in [3.8, 4) is 5.75 Å². The summed E-state index contributed by atoms with van der Waals surface area (Å²) in [7, 11) is -2.57. The summed E-state index contributed by atoms with van der Waals surface area (Å²) in [5.74, 6) is 0.339. The lowest BCUT2D eigenvalue weighted by Crippen LogP contribution is -2.24. The van der Waals surface area contributed by atoms with Gasteiger partial charge in [-0.1, -0.05) is 17.7 Å². The molecule has 1 aromatic heterocycles. The minimum Gasteiger partial charge on any atom is -0.496 e. The van der Waals surface area contributed by atoms with Crippen molar-refractivity contribution in [3.05, 3.63) is 59.3 Å². The average Bonchev–Trinajstić information content (AvgIpc) is 3.03. The van der Waals surface area contributed by atoms with Gasteiger partial charge in [-0.3, -0.25) is 0 Å². The van der Waals surface area contributed by atoms with E-state index in [2.05, 4.69) is 5.32 Å². The first kappa shape index (κ1) is 19.7. The van der Waals surface area contributed by atoms with E-state index in [0.29, 0.717) is 22.2 Å². The number of aliphatic hydroxyl groups excluding tert-OH is 1. The SMILES string of the molecule is COc1cc2c(cc1CO)cc(CNC(=O)O)n2S(=O)(=O)c1ccc(C)cc1. The summed E-state index contributed by atoms with van der Waals surface area (Å²) in [5, 5.41) is 21.2. The highest BCUT2D eigenvalue weighted by Gasteiger charge is 2.24. The first-order chi connectivity index (χ1) is 13.3. The summed E-state index contributed by atoms with van der Waals surface area (Å²) in [6.45, 7) is 1.37. The molecular weight excluding hydrogens is 384 g/mol. The fourth-order valence-corrected chi connectivity index (χ4v) is 4.55. The highest BCUT2D eigenvalue weighted by molar-refractivity contribution is 7.90. The quantitative estimate of drug-likeness (QED) is 0.581. The number of aromatic nitrogens is 1. The molecule has 148 valence electrons. The van der Waals surface area contributed by atoms with Gasteiger partial charge in [-0.25, -0.2) is 17.2 Å². The van der Waals surface area contributed by atoms with Gasteiger partial charge in [0.25, 0.3) is 10.0 Å². The number of carboxylic acid groups (broad SMARTS) is 1. The maximum Gasteiger partial charge on any atom is 0.404 e. The van der Waals surface area contributed by atoms with E-state index in [4.69, 9.17) is 9.84 Å². The van der Waals surface area contributed by atoms with Crippen LogP contribution in [0.5, 0.6) is 5.75 Å². The molecule has 0 radical (unpaired) electrons. The molecule has 0 aliphatic heterocycles. The fraction of sp³-hybridized carbons (Fsp3) is 0.211. The summed E-state index contributed by atoms with van der Waals surface area (Å²) in [6, 6.07) is 11.1. The van der Waals surface area contributed by atoms with Gasteiger partial charge in [-0.15, -0.1) is 0 Å². The summed E-state index contributed by atoms with van der Waals surface area (Å²) in [5.41, 5.74) is 1.99. The van der Waals surface area contributed by atoms with Crippen molar-refractivity contribution in [2.45, 2.75) is 25.0 Å². The van der Waals surface area contributed by atoms with Crippen molar-refractivity contribution in [1.82, 2.24) is 9.29 Å². The van der Waals surface area contributed by atoms with Crippen molar-refractivity contribution < 1.29 is 28.2 Å². The summed E-state index contributed by atoms with van der Waals surface area (Å²) in [6.07, 6.45) is -1.27. The number of methoxy groups -OCH3 is 1. The second kappa shape index (κ2) is 7.53. The Morgan fingerprint density at radius 1 is 1.18 bits per heavy atom. The van der Waals surface area contributed by atoms with Gasteiger partial charge in [0.15, 0.2) is 0 Å². The molecule has 1 amide bonds. The van der Waals surface area contributed by atoms with Gasteiger partial charge in [-0.05, 0) is 31.2 Å². The predicted octanol–water partition coefficient (Wildman–Crippen LogP) is 2.46. The lowest BCUT2D eigenvalue weighted by atomic mass is 10.1. The van der Waals surface area contributed by atoms with E-state index in [1.807, 2.05) is 6.92 Å². The van der Waals surface area contributed by atoms with Gasteiger partial charge < -0.3 is 20.3 Å². The van der Waals surface area contributed by atoms with Crippen LogP contribution in [0.15, 0.2) is 47.4 Å². The second-order valence-electron chi connectivity index (χ2n) is 6.26. The summed E-state index contributed by atoms with van der Waals surface area (Å²) >= 11 is 0. The fourth-order valence-electron chi connectivity index (χ4n) is 3.02. The van der Waals surface area contributed by atoms with E-state index in [9.17, 15) is 18.3 Å². The number of amides is 1. The zero-order chi connectivity index (χ0) is 20.5. The first-order valence-corrected chi connectivity index (χ1v) is 9.83. The summed E-state index contributed by atoms with van der Waals surface area (Å²) < 4.78 is 33.0. The molecule has 2 aromatic carbocycles. The average molecular weight is 404 g/mol. The Labute approximate surface area is 162 Å². The van der Waals surface area contributed by atoms with Crippen molar-refractivity contribution in [2.75, 3.05) is 7.11 Å². The Morgan fingerprint density at radius 3 is 2.43 bits per heavy atom. The second-order valence-corrected chi connectivity index (χ2v) is 8.04. The monoisotopic (exact) mass is 404 g/mol. The van der Waals surface area contributed by atoms with Crippen LogP contribution in [0.2, 0.25) is 0 Å². The number of nitrogens with one attached hydrogen (secondary N) is 1. The van der Waals surface area contributed by atoms with Crippen LogP contribution >= 0.6 is 0 Å². The number of aliphatic hydroxyl groups is 1. The van der Waals surface area contributed by atoms with Crippen molar-refractivity contribution in [2.24, 2.45) is 0 Å². The standard InChI is InChI=1S/C19H20N2O6S/c1-12-3-5-16(6-4-12)28(25,26)21-15(10-20-19(23)24)8-13-7-14(11-22)18(27-2)9-17(13)21/h3-9,20,22H,10-11H2,1-2H3,(H,23,24). The Kier molecular flexibility index (Phi) is 5.30. The molecule has 0 saturated carbocycles. The Morgan fingerprint density at radius 2 is 1.86 bits per heavy atom. The number of benzene rings is 2. The van der Waals surface area contributed by atoms with Crippen LogP contribution in [-0.4, -0.2) is 35.8 Å². The van der Waals surface area contributed by atoms with Crippen LogP contribution in [0, 0.1) is 6.92 Å². The lowest BCUT2D eigenvalue weighted by molar-refractivity contribution is 0.193. The van der Waals surface area contributed by atoms with E-state index >= 15 is 0 Å². The number of ether oxygens (including phenoxy) is 1. The molecule has 28 heavy (non-hydrogen) atoms. The molecule has 0 bridgehead atoms. The summed E-state index contributed by atoms with van der Waals surface area (Å²) in [4.78, 5) is 11.0. The Balaban J connectivity index is 2.29. The van der Waals surface area contributed by atoms with E-state index < -0.39 is 16.1 Å². The first-order valence-electron chi connectivity index (χ1n) is 8.39. The molecular formula is C19H20N2O6S. The largest absolute Gasteiger partial charge is 0.496 e. The molecule has 0 fully saturated rings. The van der Waals surface area contributed by atoms with Crippen LogP contribution in [0.1, 0.15) is 16.8 Å². The van der Waals surface area contributed by atoms with Gasteiger partial charge in [0, 0.05) is 17.0 Å². The Bertz CT molecular complexity index is 1130. The van der Waals surface area contributed by atoms with Crippen LogP contribution in [0.3, 0.4) is 0 Å². The molecule has 0 spiro atoms. The molecule has 3 aromatic rings. The van der Waals surface area contributed by atoms with E-state index in [0.717, 1.165) is 9.54 Å². The maximum absolute atomic E-state index is 13.3. The van der Waals surface area contributed by atoms with Crippen LogP contribution in [0.25, 0.3) is 10.9 Å².